The van der Waals surface area contributed by atoms with Crippen LogP contribution >= 0.6 is 0 Å². The van der Waals surface area contributed by atoms with Gasteiger partial charge in [0.05, 0.1) is 62.0 Å². The highest BCUT2D eigenvalue weighted by atomic mass is 16.5. The molecule has 0 spiro atoms. The summed E-state index contributed by atoms with van der Waals surface area (Å²) >= 11 is 0. The summed E-state index contributed by atoms with van der Waals surface area (Å²) in [6.45, 7) is 5.45. The molecule has 0 amide bonds. The molecule has 138 valence electrons. The van der Waals surface area contributed by atoms with Crippen molar-refractivity contribution in [3.63, 3.8) is 0 Å². The Hall–Kier alpha value is -2.22. The molecule has 0 radical (unpaired) electrons. The maximum Gasteiger partial charge on any atom is 0.0980 e. The van der Waals surface area contributed by atoms with Gasteiger partial charge in [0.2, 0.25) is 0 Å². The minimum absolute atomic E-state index is 0.0437. The highest BCUT2D eigenvalue weighted by molar-refractivity contribution is 5.65. The molecule has 1 atom stereocenters. The zero-order valence-corrected chi connectivity index (χ0v) is 14.8. The van der Waals surface area contributed by atoms with Gasteiger partial charge in [0, 0.05) is 37.9 Å². The summed E-state index contributed by atoms with van der Waals surface area (Å²) in [5.74, 6) is 0. The summed E-state index contributed by atoms with van der Waals surface area (Å²) in [5, 5.41) is 9.30. The minimum Gasteiger partial charge on any atom is -0.394 e. The van der Waals surface area contributed by atoms with Crippen molar-refractivity contribution in [2.24, 2.45) is 0 Å². The second kappa shape index (κ2) is 7.99. The summed E-state index contributed by atoms with van der Waals surface area (Å²) in [6, 6.07) is 6.24. The number of morpholine rings is 2. The van der Waals surface area contributed by atoms with E-state index in [1.54, 1.807) is 0 Å². The lowest BCUT2D eigenvalue weighted by Crippen LogP contribution is -2.44. The molecule has 4 rings (SSSR count). The van der Waals surface area contributed by atoms with Crippen LogP contribution in [0.2, 0.25) is 0 Å². The van der Waals surface area contributed by atoms with E-state index >= 15 is 0 Å². The Morgan fingerprint density at radius 3 is 2.62 bits per heavy atom. The first-order chi connectivity index (χ1) is 12.8. The Morgan fingerprint density at radius 1 is 1.00 bits per heavy atom. The van der Waals surface area contributed by atoms with Crippen LogP contribution in [0, 0.1) is 0 Å². The molecule has 0 aliphatic carbocycles. The van der Waals surface area contributed by atoms with E-state index in [1.165, 1.54) is 0 Å². The number of anilines is 2. The van der Waals surface area contributed by atoms with Gasteiger partial charge < -0.3 is 24.4 Å². The number of aliphatic hydroxyl groups is 1. The summed E-state index contributed by atoms with van der Waals surface area (Å²) < 4.78 is 10.9. The molecule has 2 fully saturated rings. The SMILES string of the molecule is OC[C@H]1CN(c2ccc(-c3cncc(N4CCOCC4)c3)nc2)CCO1. The molecule has 4 heterocycles. The van der Waals surface area contributed by atoms with Gasteiger partial charge in [-0.05, 0) is 18.2 Å². The van der Waals surface area contributed by atoms with Crippen molar-refractivity contribution in [3.8, 4) is 11.3 Å². The quantitative estimate of drug-likeness (QED) is 0.882. The van der Waals surface area contributed by atoms with Gasteiger partial charge in [-0.15, -0.1) is 0 Å². The first-order valence-electron chi connectivity index (χ1n) is 9.05. The van der Waals surface area contributed by atoms with Crippen molar-refractivity contribution in [1.29, 1.82) is 0 Å². The van der Waals surface area contributed by atoms with E-state index in [9.17, 15) is 5.11 Å². The fraction of sp³-hybridized carbons (Fsp3) is 0.474. The van der Waals surface area contributed by atoms with Gasteiger partial charge >= 0.3 is 0 Å². The number of nitrogens with zero attached hydrogens (tertiary/aromatic N) is 4. The molecule has 0 aromatic carbocycles. The normalized spacial score (nSPS) is 21.0. The monoisotopic (exact) mass is 356 g/mol. The van der Waals surface area contributed by atoms with Crippen LogP contribution in [0.25, 0.3) is 11.3 Å². The fourth-order valence-corrected chi connectivity index (χ4v) is 3.37. The summed E-state index contributed by atoms with van der Waals surface area (Å²) in [7, 11) is 0. The third kappa shape index (κ3) is 3.80. The number of aromatic nitrogens is 2. The van der Waals surface area contributed by atoms with Crippen molar-refractivity contribution >= 4 is 11.4 Å². The molecule has 7 heteroatoms. The van der Waals surface area contributed by atoms with Crippen molar-refractivity contribution in [1.82, 2.24) is 9.97 Å². The van der Waals surface area contributed by atoms with E-state index < -0.39 is 0 Å². The molecule has 2 aliphatic rings. The lowest BCUT2D eigenvalue weighted by Gasteiger charge is -2.33. The molecule has 0 saturated carbocycles. The minimum atomic E-state index is -0.127. The molecule has 0 bridgehead atoms. The summed E-state index contributed by atoms with van der Waals surface area (Å²) in [4.78, 5) is 13.5. The molecule has 2 aromatic rings. The van der Waals surface area contributed by atoms with Gasteiger partial charge in [-0.25, -0.2) is 0 Å². The van der Waals surface area contributed by atoms with Crippen LogP contribution < -0.4 is 9.80 Å². The largest absolute Gasteiger partial charge is 0.394 e. The smallest absolute Gasteiger partial charge is 0.0980 e. The number of aliphatic hydroxyl groups excluding tert-OH is 1. The van der Waals surface area contributed by atoms with E-state index in [0.29, 0.717) is 13.2 Å². The Labute approximate surface area is 153 Å². The highest BCUT2D eigenvalue weighted by Crippen LogP contribution is 2.25. The second-order valence-electron chi connectivity index (χ2n) is 6.55. The Kier molecular flexibility index (Phi) is 5.29. The van der Waals surface area contributed by atoms with Gasteiger partial charge in [-0.3, -0.25) is 9.97 Å². The lowest BCUT2D eigenvalue weighted by atomic mass is 10.1. The molecule has 2 aromatic heterocycles. The van der Waals surface area contributed by atoms with Crippen LogP contribution in [0.4, 0.5) is 11.4 Å². The zero-order valence-electron chi connectivity index (χ0n) is 14.8. The maximum atomic E-state index is 9.30. The molecule has 2 aliphatic heterocycles. The Bertz CT molecular complexity index is 719. The van der Waals surface area contributed by atoms with E-state index in [4.69, 9.17) is 9.47 Å². The van der Waals surface area contributed by atoms with E-state index in [2.05, 4.69) is 31.9 Å². The number of hydrogen-bond donors (Lipinski definition) is 1. The third-order valence-electron chi connectivity index (χ3n) is 4.85. The lowest BCUT2D eigenvalue weighted by molar-refractivity contribution is 0.00355. The molecular weight excluding hydrogens is 332 g/mol. The highest BCUT2D eigenvalue weighted by Gasteiger charge is 2.20. The predicted molar refractivity (Wildman–Crippen MR) is 99.5 cm³/mol. The van der Waals surface area contributed by atoms with Crippen molar-refractivity contribution in [2.75, 3.05) is 62.4 Å². The van der Waals surface area contributed by atoms with Gasteiger partial charge in [0.1, 0.15) is 0 Å². The molecular formula is C19H24N4O3. The van der Waals surface area contributed by atoms with Crippen LogP contribution in [0.15, 0.2) is 36.8 Å². The number of pyridine rings is 2. The molecule has 26 heavy (non-hydrogen) atoms. The van der Waals surface area contributed by atoms with Crippen LogP contribution in [0.1, 0.15) is 0 Å². The molecule has 1 N–H and O–H groups in total. The first kappa shape index (κ1) is 17.2. The van der Waals surface area contributed by atoms with Gasteiger partial charge in [-0.1, -0.05) is 0 Å². The number of hydrogen-bond acceptors (Lipinski definition) is 7. The third-order valence-corrected chi connectivity index (χ3v) is 4.85. The predicted octanol–water partition coefficient (Wildman–Crippen LogP) is 1.18. The molecule has 2 saturated heterocycles. The maximum absolute atomic E-state index is 9.30. The molecule has 0 unspecified atom stereocenters. The van der Waals surface area contributed by atoms with E-state index in [1.807, 2.05) is 24.7 Å². The zero-order chi connectivity index (χ0) is 17.8. The molecule has 7 nitrogen and oxygen atoms in total. The number of rotatable bonds is 4. The van der Waals surface area contributed by atoms with Crippen molar-refractivity contribution in [2.45, 2.75) is 6.10 Å². The van der Waals surface area contributed by atoms with Crippen molar-refractivity contribution in [3.05, 3.63) is 36.8 Å². The standard InChI is InChI=1S/C19H24N4O3/c24-14-18-13-23(5-8-26-18)16-1-2-19(21-12-16)15-9-17(11-20-10-15)22-3-6-25-7-4-22/h1-2,9-12,18,24H,3-8,13-14H2/t18-/m1/s1. The second-order valence-corrected chi connectivity index (χ2v) is 6.55. The average molecular weight is 356 g/mol. The van der Waals surface area contributed by atoms with Crippen LogP contribution in [-0.2, 0) is 9.47 Å². The van der Waals surface area contributed by atoms with Gasteiger partial charge in [-0.2, -0.15) is 0 Å². The van der Waals surface area contributed by atoms with Gasteiger partial charge in [0.25, 0.3) is 0 Å². The van der Waals surface area contributed by atoms with Crippen molar-refractivity contribution < 1.29 is 14.6 Å². The topological polar surface area (TPSA) is 71.0 Å². The van der Waals surface area contributed by atoms with Gasteiger partial charge in [0.15, 0.2) is 0 Å². The number of ether oxygens (including phenoxy) is 2. The van der Waals surface area contributed by atoms with Crippen LogP contribution in [0.3, 0.4) is 0 Å². The van der Waals surface area contributed by atoms with Crippen LogP contribution in [0.5, 0.6) is 0 Å². The summed E-state index contributed by atoms with van der Waals surface area (Å²) in [5.41, 5.74) is 4.07. The average Bonchev–Trinajstić information content (AvgIpc) is 2.75. The summed E-state index contributed by atoms with van der Waals surface area (Å²) in [6.07, 6.45) is 5.50. The van der Waals surface area contributed by atoms with Crippen LogP contribution in [-0.4, -0.2) is 73.8 Å². The van der Waals surface area contributed by atoms with E-state index in [-0.39, 0.29) is 12.7 Å². The fourth-order valence-electron chi connectivity index (χ4n) is 3.37. The van der Waals surface area contributed by atoms with E-state index in [0.717, 1.165) is 55.5 Å². The first-order valence-corrected chi connectivity index (χ1v) is 9.05. The Balaban J connectivity index is 1.50. The Morgan fingerprint density at radius 2 is 1.85 bits per heavy atom.